The summed E-state index contributed by atoms with van der Waals surface area (Å²) in [5, 5.41) is 16.2. The fraction of sp³-hybridized carbons (Fsp3) is 0.344. The van der Waals surface area contributed by atoms with Gasteiger partial charge < -0.3 is 29.6 Å². The molecule has 0 unspecified atom stereocenters. The number of benzene rings is 3. The summed E-state index contributed by atoms with van der Waals surface area (Å²) < 4.78 is 21.2. The normalized spacial score (nSPS) is 12.7. The molecule has 0 radical (unpaired) electrons. The molecule has 4 rings (SSSR count). The SMILES string of the molecule is CC(C)(C)OC(=O)NCCC[C@@H](COC(=O)Oc1ccc([N+](=O)[O-])cc1)NC(=O)OCC1c2ccccc2-c2ccccc21. The molecule has 0 saturated carbocycles. The third kappa shape index (κ3) is 8.93. The van der Waals surface area contributed by atoms with Crippen LogP contribution in [-0.2, 0) is 14.2 Å². The summed E-state index contributed by atoms with van der Waals surface area (Å²) in [6, 6.07) is 20.2. The van der Waals surface area contributed by atoms with Crippen LogP contribution in [0.1, 0.15) is 50.7 Å². The van der Waals surface area contributed by atoms with Crippen molar-refractivity contribution >= 4 is 24.0 Å². The molecule has 0 bridgehead atoms. The lowest BCUT2D eigenvalue weighted by Gasteiger charge is -2.21. The largest absolute Gasteiger partial charge is 0.513 e. The van der Waals surface area contributed by atoms with Crippen molar-refractivity contribution in [1.29, 1.82) is 0 Å². The van der Waals surface area contributed by atoms with E-state index in [0.29, 0.717) is 12.8 Å². The number of nitro groups is 1. The maximum Gasteiger partial charge on any atom is 0.513 e. The number of alkyl carbamates (subject to hydrolysis) is 2. The molecule has 1 atom stereocenters. The van der Waals surface area contributed by atoms with Gasteiger partial charge in [0.15, 0.2) is 0 Å². The monoisotopic (exact) mass is 605 g/mol. The molecule has 0 fully saturated rings. The van der Waals surface area contributed by atoms with Crippen LogP contribution in [0.4, 0.5) is 20.1 Å². The van der Waals surface area contributed by atoms with Crippen LogP contribution < -0.4 is 15.4 Å². The summed E-state index contributed by atoms with van der Waals surface area (Å²) in [6.45, 7) is 5.39. The first-order valence-corrected chi connectivity index (χ1v) is 14.2. The average Bonchev–Trinajstić information content (AvgIpc) is 3.30. The first-order valence-electron chi connectivity index (χ1n) is 14.2. The van der Waals surface area contributed by atoms with E-state index in [1.165, 1.54) is 24.3 Å². The van der Waals surface area contributed by atoms with Gasteiger partial charge in [0.25, 0.3) is 5.69 Å². The van der Waals surface area contributed by atoms with Gasteiger partial charge in [-0.1, -0.05) is 48.5 Å². The van der Waals surface area contributed by atoms with Crippen LogP contribution in [0.5, 0.6) is 5.75 Å². The quantitative estimate of drug-likeness (QED) is 0.0637. The summed E-state index contributed by atoms with van der Waals surface area (Å²) in [7, 11) is 0. The van der Waals surface area contributed by atoms with Crippen molar-refractivity contribution in [3.63, 3.8) is 0 Å². The van der Waals surface area contributed by atoms with Gasteiger partial charge in [-0.05, 0) is 68.0 Å². The van der Waals surface area contributed by atoms with Gasteiger partial charge in [-0.2, -0.15) is 0 Å². The van der Waals surface area contributed by atoms with E-state index in [4.69, 9.17) is 18.9 Å². The van der Waals surface area contributed by atoms with Crippen LogP contribution >= 0.6 is 0 Å². The van der Waals surface area contributed by atoms with Gasteiger partial charge in [0.2, 0.25) is 0 Å². The topological polar surface area (TPSA) is 155 Å². The number of rotatable bonds is 11. The minimum Gasteiger partial charge on any atom is -0.449 e. The fourth-order valence-corrected chi connectivity index (χ4v) is 4.79. The first kappa shape index (κ1) is 31.8. The molecule has 0 saturated heterocycles. The van der Waals surface area contributed by atoms with Crippen molar-refractivity contribution in [2.45, 2.75) is 51.2 Å². The standard InChI is InChI=1S/C32H35N3O9/c1-32(2,3)44-29(36)33-18-8-9-21(19-42-31(38)43-23-16-14-22(15-17-23)35(39)40)34-30(37)41-20-28-26-12-6-4-10-24(26)25-11-5-7-13-27(25)28/h4-7,10-17,21,28H,8-9,18-20H2,1-3H3,(H,33,36)(H,34,37)/t21-/m0/s1. The minimum atomic E-state index is -1.05. The van der Waals surface area contributed by atoms with Crippen LogP contribution in [0.15, 0.2) is 72.8 Å². The first-order chi connectivity index (χ1) is 21.0. The molecular formula is C32H35N3O9. The van der Waals surface area contributed by atoms with Gasteiger partial charge in [0, 0.05) is 24.6 Å². The number of ether oxygens (including phenoxy) is 4. The Labute approximate surface area is 254 Å². The maximum atomic E-state index is 12.9. The Bertz CT molecular complexity index is 1440. The van der Waals surface area contributed by atoms with Crippen molar-refractivity contribution in [1.82, 2.24) is 10.6 Å². The predicted molar refractivity (Wildman–Crippen MR) is 161 cm³/mol. The van der Waals surface area contributed by atoms with E-state index in [0.717, 1.165) is 22.3 Å². The molecular weight excluding hydrogens is 570 g/mol. The van der Waals surface area contributed by atoms with Gasteiger partial charge in [-0.3, -0.25) is 10.1 Å². The molecule has 1 aliphatic rings. The van der Waals surface area contributed by atoms with E-state index in [1.54, 1.807) is 20.8 Å². The zero-order chi connectivity index (χ0) is 31.7. The number of fused-ring (bicyclic) bond motifs is 3. The van der Waals surface area contributed by atoms with Crippen LogP contribution in [0.25, 0.3) is 11.1 Å². The van der Waals surface area contributed by atoms with Gasteiger partial charge in [-0.25, -0.2) is 14.4 Å². The van der Waals surface area contributed by atoms with Gasteiger partial charge in [0.05, 0.1) is 11.0 Å². The van der Waals surface area contributed by atoms with E-state index in [1.807, 2.05) is 48.5 Å². The number of nitrogens with one attached hydrogen (secondary N) is 2. The summed E-state index contributed by atoms with van der Waals surface area (Å²) in [5.41, 5.74) is 3.56. The molecule has 0 spiro atoms. The number of nitro benzene ring substituents is 1. The van der Waals surface area contributed by atoms with E-state index >= 15 is 0 Å². The second kappa shape index (κ2) is 14.4. The smallest absolute Gasteiger partial charge is 0.449 e. The number of non-ortho nitro benzene ring substituents is 1. The fourth-order valence-electron chi connectivity index (χ4n) is 4.79. The molecule has 1 aliphatic carbocycles. The lowest BCUT2D eigenvalue weighted by Crippen LogP contribution is -2.40. The van der Waals surface area contributed by atoms with Crippen molar-refractivity contribution in [3.05, 3.63) is 94.0 Å². The lowest BCUT2D eigenvalue weighted by molar-refractivity contribution is -0.384. The minimum absolute atomic E-state index is 0.0585. The maximum absolute atomic E-state index is 12.9. The number of carbonyl (C=O) groups excluding carboxylic acids is 3. The lowest BCUT2D eigenvalue weighted by atomic mass is 9.98. The molecule has 2 amide bonds. The Morgan fingerprint density at radius 3 is 2.09 bits per heavy atom. The summed E-state index contributed by atoms with van der Waals surface area (Å²) in [6.07, 6.45) is -1.56. The van der Waals surface area contributed by atoms with Crippen molar-refractivity contribution in [2.75, 3.05) is 19.8 Å². The zero-order valence-electron chi connectivity index (χ0n) is 24.7. The third-order valence-corrected chi connectivity index (χ3v) is 6.71. The van der Waals surface area contributed by atoms with Gasteiger partial charge >= 0.3 is 18.3 Å². The van der Waals surface area contributed by atoms with Gasteiger partial charge in [-0.15, -0.1) is 0 Å². The Morgan fingerprint density at radius 1 is 0.886 bits per heavy atom. The highest BCUT2D eigenvalue weighted by Gasteiger charge is 2.29. The molecule has 0 aromatic heterocycles. The third-order valence-electron chi connectivity index (χ3n) is 6.71. The van der Waals surface area contributed by atoms with Crippen molar-refractivity contribution in [2.24, 2.45) is 0 Å². The molecule has 0 aliphatic heterocycles. The average molecular weight is 606 g/mol. The second-order valence-corrected chi connectivity index (χ2v) is 11.2. The summed E-state index contributed by atoms with van der Waals surface area (Å²) in [5.74, 6) is -0.0687. The summed E-state index contributed by atoms with van der Waals surface area (Å²) in [4.78, 5) is 47.4. The van der Waals surface area contributed by atoms with Crippen LogP contribution in [0.2, 0.25) is 0 Å². The van der Waals surface area contributed by atoms with Crippen molar-refractivity contribution < 1.29 is 38.3 Å². The highest BCUT2D eigenvalue weighted by atomic mass is 16.7. The van der Waals surface area contributed by atoms with Gasteiger partial charge in [0.1, 0.15) is 24.6 Å². The van der Waals surface area contributed by atoms with Crippen LogP contribution in [-0.4, -0.2) is 54.7 Å². The Morgan fingerprint density at radius 2 is 1.50 bits per heavy atom. The van der Waals surface area contributed by atoms with Crippen molar-refractivity contribution in [3.8, 4) is 16.9 Å². The highest BCUT2D eigenvalue weighted by molar-refractivity contribution is 5.79. The summed E-state index contributed by atoms with van der Waals surface area (Å²) >= 11 is 0. The molecule has 232 valence electrons. The molecule has 0 heterocycles. The number of nitrogens with zero attached hydrogens (tertiary/aromatic N) is 1. The van der Waals surface area contributed by atoms with E-state index in [9.17, 15) is 24.5 Å². The Hall–Kier alpha value is -5.13. The number of carbonyl (C=O) groups is 3. The zero-order valence-corrected chi connectivity index (χ0v) is 24.7. The molecule has 44 heavy (non-hydrogen) atoms. The molecule has 2 N–H and O–H groups in total. The second-order valence-electron chi connectivity index (χ2n) is 11.2. The predicted octanol–water partition coefficient (Wildman–Crippen LogP) is 6.32. The Balaban J connectivity index is 1.33. The Kier molecular flexibility index (Phi) is 10.4. The highest BCUT2D eigenvalue weighted by Crippen LogP contribution is 2.44. The number of hydrogen-bond donors (Lipinski definition) is 2. The molecule has 3 aromatic carbocycles. The van der Waals surface area contributed by atoms with Crippen LogP contribution in [0, 0.1) is 10.1 Å². The van der Waals surface area contributed by atoms with E-state index in [-0.39, 0.29) is 37.1 Å². The molecule has 3 aromatic rings. The van der Waals surface area contributed by atoms with E-state index < -0.39 is 34.9 Å². The van der Waals surface area contributed by atoms with Crippen LogP contribution in [0.3, 0.4) is 0 Å². The van der Waals surface area contributed by atoms with E-state index in [2.05, 4.69) is 10.6 Å². The molecule has 12 heteroatoms. The molecule has 12 nitrogen and oxygen atoms in total. The number of hydrogen-bond acceptors (Lipinski definition) is 9. The number of amides is 2.